The minimum Gasteiger partial charge on any atom is -0.462 e. The minimum atomic E-state index is -0.678. The van der Waals surface area contributed by atoms with Gasteiger partial charge in [0.1, 0.15) is 15.5 Å². The van der Waals surface area contributed by atoms with Gasteiger partial charge in [-0.2, -0.15) is 0 Å². The Bertz CT molecular complexity index is 994. The van der Waals surface area contributed by atoms with Crippen LogP contribution < -0.4 is 5.73 Å². The SMILES string of the molecule is CCOC(=O)c1sc2nc(COC(=O)c3cc(C)no3)nc(N)c2c1C. The van der Waals surface area contributed by atoms with Crippen molar-refractivity contribution in [2.45, 2.75) is 27.4 Å². The number of nitrogen functional groups attached to an aromatic ring is 1. The first-order chi connectivity index (χ1) is 12.4. The summed E-state index contributed by atoms with van der Waals surface area (Å²) in [5.41, 5.74) is 7.24. The molecule has 3 rings (SSSR count). The molecule has 0 spiro atoms. The van der Waals surface area contributed by atoms with E-state index >= 15 is 0 Å². The number of nitrogens with zero attached hydrogens (tertiary/aromatic N) is 3. The fourth-order valence-electron chi connectivity index (χ4n) is 2.33. The van der Waals surface area contributed by atoms with Crippen molar-refractivity contribution in [2.75, 3.05) is 12.3 Å². The van der Waals surface area contributed by atoms with E-state index in [9.17, 15) is 9.59 Å². The van der Waals surface area contributed by atoms with E-state index in [2.05, 4.69) is 15.1 Å². The standard InChI is InChI=1S/C16H16N4O5S/c1-4-23-16(22)12-8(3)11-13(17)18-10(19-14(11)26-12)6-24-15(21)9-5-7(2)20-25-9/h5H,4,6H2,1-3H3,(H2,17,18,19). The van der Waals surface area contributed by atoms with Crippen molar-refractivity contribution < 1.29 is 23.6 Å². The molecule has 0 amide bonds. The van der Waals surface area contributed by atoms with Crippen LogP contribution in [0.25, 0.3) is 10.2 Å². The van der Waals surface area contributed by atoms with E-state index < -0.39 is 11.9 Å². The summed E-state index contributed by atoms with van der Waals surface area (Å²) in [6.07, 6.45) is 0. The number of nitrogens with two attached hydrogens (primary N) is 1. The molecular formula is C16H16N4O5S. The normalized spacial score (nSPS) is 10.9. The zero-order valence-electron chi connectivity index (χ0n) is 14.4. The molecule has 3 heterocycles. The molecule has 0 aromatic carbocycles. The van der Waals surface area contributed by atoms with E-state index in [1.54, 1.807) is 20.8 Å². The average molecular weight is 376 g/mol. The van der Waals surface area contributed by atoms with E-state index in [-0.39, 0.29) is 30.6 Å². The molecule has 0 aliphatic heterocycles. The van der Waals surface area contributed by atoms with Gasteiger partial charge in [-0.25, -0.2) is 19.6 Å². The highest BCUT2D eigenvalue weighted by molar-refractivity contribution is 7.20. The Labute approximate surface area is 152 Å². The number of carbonyl (C=O) groups excluding carboxylic acids is 2. The Hall–Kier alpha value is -3.01. The van der Waals surface area contributed by atoms with Gasteiger partial charge in [0.05, 0.1) is 17.7 Å². The number of ether oxygens (including phenoxy) is 2. The largest absolute Gasteiger partial charge is 0.462 e. The number of aromatic nitrogens is 3. The summed E-state index contributed by atoms with van der Waals surface area (Å²) in [6, 6.07) is 1.47. The molecule has 0 atom stereocenters. The average Bonchev–Trinajstić information content (AvgIpc) is 3.17. The van der Waals surface area contributed by atoms with Crippen LogP contribution in [0, 0.1) is 13.8 Å². The summed E-state index contributed by atoms with van der Waals surface area (Å²) in [5, 5.41) is 4.22. The van der Waals surface area contributed by atoms with E-state index in [0.29, 0.717) is 26.4 Å². The summed E-state index contributed by atoms with van der Waals surface area (Å²) < 4.78 is 15.0. The zero-order valence-corrected chi connectivity index (χ0v) is 15.2. The van der Waals surface area contributed by atoms with Gasteiger partial charge in [0.2, 0.25) is 5.76 Å². The molecule has 3 aromatic heterocycles. The van der Waals surface area contributed by atoms with Gasteiger partial charge in [0, 0.05) is 6.07 Å². The first-order valence-corrected chi connectivity index (χ1v) is 8.55. The molecule has 26 heavy (non-hydrogen) atoms. The predicted molar refractivity (Wildman–Crippen MR) is 92.9 cm³/mol. The Kier molecular flexibility index (Phi) is 4.85. The van der Waals surface area contributed by atoms with Crippen LogP contribution in [0.5, 0.6) is 0 Å². The summed E-state index contributed by atoms with van der Waals surface area (Å²) in [7, 11) is 0. The number of fused-ring (bicyclic) bond motifs is 1. The molecule has 9 nitrogen and oxygen atoms in total. The number of esters is 2. The van der Waals surface area contributed by atoms with Crippen LogP contribution in [0.4, 0.5) is 5.82 Å². The predicted octanol–water partition coefficient (Wildman–Crippen LogP) is 2.41. The molecule has 0 aliphatic rings. The second kappa shape index (κ2) is 7.08. The molecule has 0 bridgehead atoms. The lowest BCUT2D eigenvalue weighted by Crippen LogP contribution is -2.08. The van der Waals surface area contributed by atoms with Gasteiger partial charge < -0.3 is 19.7 Å². The highest BCUT2D eigenvalue weighted by Gasteiger charge is 2.21. The van der Waals surface area contributed by atoms with Crippen molar-refractivity contribution in [3.05, 3.63) is 33.8 Å². The van der Waals surface area contributed by atoms with Crippen molar-refractivity contribution in [1.82, 2.24) is 15.1 Å². The number of rotatable bonds is 5. The van der Waals surface area contributed by atoms with Crippen LogP contribution in [-0.2, 0) is 16.1 Å². The van der Waals surface area contributed by atoms with Gasteiger partial charge in [0.15, 0.2) is 12.4 Å². The fourth-order valence-corrected chi connectivity index (χ4v) is 3.43. The van der Waals surface area contributed by atoms with Gasteiger partial charge in [0.25, 0.3) is 0 Å². The van der Waals surface area contributed by atoms with Crippen LogP contribution in [-0.4, -0.2) is 33.7 Å². The maximum Gasteiger partial charge on any atom is 0.377 e. The third kappa shape index (κ3) is 3.36. The van der Waals surface area contributed by atoms with Gasteiger partial charge in [-0.1, -0.05) is 5.16 Å². The van der Waals surface area contributed by atoms with Crippen molar-refractivity contribution in [1.29, 1.82) is 0 Å². The quantitative estimate of drug-likeness (QED) is 0.667. The van der Waals surface area contributed by atoms with E-state index in [0.717, 1.165) is 11.3 Å². The molecular weight excluding hydrogens is 360 g/mol. The highest BCUT2D eigenvalue weighted by Crippen LogP contribution is 2.33. The third-order valence-electron chi connectivity index (χ3n) is 3.49. The van der Waals surface area contributed by atoms with Crippen molar-refractivity contribution in [2.24, 2.45) is 0 Å². The van der Waals surface area contributed by atoms with Gasteiger partial charge in [-0.3, -0.25) is 0 Å². The summed E-state index contributed by atoms with van der Waals surface area (Å²) in [5.74, 6) is -0.686. The van der Waals surface area contributed by atoms with Crippen LogP contribution in [0.1, 0.15) is 44.2 Å². The molecule has 2 N–H and O–H groups in total. The Balaban J connectivity index is 1.84. The lowest BCUT2D eigenvalue weighted by molar-refractivity contribution is 0.0415. The molecule has 136 valence electrons. The smallest absolute Gasteiger partial charge is 0.377 e. The minimum absolute atomic E-state index is 0.00637. The number of anilines is 1. The Morgan fingerprint density at radius 1 is 1.23 bits per heavy atom. The van der Waals surface area contributed by atoms with Crippen molar-refractivity contribution in [3.8, 4) is 0 Å². The second-order valence-corrected chi connectivity index (χ2v) is 6.39. The number of aryl methyl sites for hydroxylation is 2. The van der Waals surface area contributed by atoms with Gasteiger partial charge in [-0.15, -0.1) is 11.3 Å². The van der Waals surface area contributed by atoms with E-state index in [1.807, 2.05) is 0 Å². The van der Waals surface area contributed by atoms with Crippen molar-refractivity contribution >= 4 is 39.3 Å². The maximum absolute atomic E-state index is 12.0. The van der Waals surface area contributed by atoms with Crippen LogP contribution >= 0.6 is 11.3 Å². The monoisotopic (exact) mass is 376 g/mol. The zero-order chi connectivity index (χ0) is 18.8. The first-order valence-electron chi connectivity index (χ1n) is 7.73. The van der Waals surface area contributed by atoms with Gasteiger partial charge >= 0.3 is 11.9 Å². The topological polar surface area (TPSA) is 130 Å². The molecule has 0 saturated carbocycles. The second-order valence-electron chi connectivity index (χ2n) is 5.39. The molecule has 0 saturated heterocycles. The highest BCUT2D eigenvalue weighted by atomic mass is 32.1. The van der Waals surface area contributed by atoms with Crippen LogP contribution in [0.3, 0.4) is 0 Å². The van der Waals surface area contributed by atoms with Gasteiger partial charge in [-0.05, 0) is 26.3 Å². The van der Waals surface area contributed by atoms with E-state index in [4.69, 9.17) is 19.7 Å². The fraction of sp³-hybridized carbons (Fsp3) is 0.312. The lowest BCUT2D eigenvalue weighted by Gasteiger charge is -2.04. The first kappa shape index (κ1) is 17.8. The number of hydrogen-bond acceptors (Lipinski definition) is 10. The molecule has 0 fully saturated rings. The van der Waals surface area contributed by atoms with Crippen LogP contribution in [0.15, 0.2) is 10.6 Å². The van der Waals surface area contributed by atoms with Crippen molar-refractivity contribution in [3.63, 3.8) is 0 Å². The Morgan fingerprint density at radius 3 is 2.65 bits per heavy atom. The maximum atomic E-state index is 12.0. The number of hydrogen-bond donors (Lipinski definition) is 1. The van der Waals surface area contributed by atoms with E-state index in [1.165, 1.54) is 6.07 Å². The molecule has 0 radical (unpaired) electrons. The summed E-state index contributed by atoms with van der Waals surface area (Å²) in [4.78, 5) is 33.3. The number of carbonyl (C=O) groups is 2. The lowest BCUT2D eigenvalue weighted by atomic mass is 10.2. The summed E-state index contributed by atoms with van der Waals surface area (Å²) in [6.45, 7) is 5.27. The molecule has 3 aromatic rings. The molecule has 10 heteroatoms. The third-order valence-corrected chi connectivity index (χ3v) is 4.65. The molecule has 0 unspecified atom stereocenters. The Morgan fingerprint density at radius 2 is 2.00 bits per heavy atom. The molecule has 0 aliphatic carbocycles. The van der Waals surface area contributed by atoms with Crippen LogP contribution in [0.2, 0.25) is 0 Å². The number of thiophene rings is 1. The summed E-state index contributed by atoms with van der Waals surface area (Å²) >= 11 is 1.16.